The molecule has 0 aliphatic carbocycles. The van der Waals surface area contributed by atoms with E-state index in [4.69, 9.17) is 0 Å². The minimum Gasteiger partial charge on any atom is -0.320 e. The largest absolute Gasteiger partial charge is 0.320 e. The van der Waals surface area contributed by atoms with Gasteiger partial charge in [0.05, 0.1) is 0 Å². The predicted octanol–water partition coefficient (Wildman–Crippen LogP) is 5.11. The molecule has 1 unspecified atom stereocenters. The van der Waals surface area contributed by atoms with E-state index in [1.165, 1.54) is 24.8 Å². The van der Waals surface area contributed by atoms with E-state index >= 15 is 0 Å². The van der Waals surface area contributed by atoms with Crippen molar-refractivity contribution in [2.75, 3.05) is 13.6 Å². The van der Waals surface area contributed by atoms with Crippen molar-refractivity contribution in [2.24, 2.45) is 5.92 Å². The molecule has 114 valence electrons. The van der Waals surface area contributed by atoms with Crippen molar-refractivity contribution < 1.29 is 0 Å². The molecule has 0 fully saturated rings. The molecule has 20 heavy (non-hydrogen) atoms. The number of nitrogens with one attached hydrogen (secondary N) is 1. The molecular weight excluding hydrogens is 242 g/mol. The van der Waals surface area contributed by atoms with E-state index < -0.39 is 0 Å². The summed E-state index contributed by atoms with van der Waals surface area (Å²) in [5, 5.41) is 3.25. The van der Waals surface area contributed by atoms with Crippen LogP contribution in [0.25, 0.3) is 0 Å². The molecule has 1 aromatic rings. The first-order valence-electron chi connectivity index (χ1n) is 8.23. The minimum absolute atomic E-state index is 0.621. The molecule has 0 saturated carbocycles. The third-order valence-electron chi connectivity index (χ3n) is 4.25. The summed E-state index contributed by atoms with van der Waals surface area (Å²) in [6.07, 6.45) is 3.79. The Bertz CT molecular complexity index is 393. The molecule has 0 heterocycles. The van der Waals surface area contributed by atoms with Gasteiger partial charge in [-0.05, 0) is 67.3 Å². The summed E-state index contributed by atoms with van der Waals surface area (Å²) >= 11 is 0. The zero-order chi connectivity index (χ0) is 15.1. The van der Waals surface area contributed by atoms with Crippen LogP contribution in [0.4, 0.5) is 0 Å². The van der Waals surface area contributed by atoms with E-state index in [2.05, 4.69) is 58.1 Å². The van der Waals surface area contributed by atoms with E-state index in [1.807, 2.05) is 7.05 Å². The summed E-state index contributed by atoms with van der Waals surface area (Å²) in [4.78, 5) is 0. The van der Waals surface area contributed by atoms with Crippen molar-refractivity contribution in [3.8, 4) is 0 Å². The van der Waals surface area contributed by atoms with Crippen molar-refractivity contribution in [1.82, 2.24) is 5.32 Å². The van der Waals surface area contributed by atoms with E-state index in [9.17, 15) is 0 Å². The summed E-state index contributed by atoms with van der Waals surface area (Å²) in [6.45, 7) is 12.7. The molecule has 1 heteroatoms. The lowest BCUT2D eigenvalue weighted by molar-refractivity contribution is 0.481. The Labute approximate surface area is 126 Å². The van der Waals surface area contributed by atoms with Gasteiger partial charge in [-0.1, -0.05) is 52.8 Å². The maximum absolute atomic E-state index is 3.25. The van der Waals surface area contributed by atoms with Crippen LogP contribution in [0, 0.1) is 5.92 Å². The smallest absolute Gasteiger partial charge is 0.00494 e. The van der Waals surface area contributed by atoms with Crippen LogP contribution in [0.5, 0.6) is 0 Å². The lowest BCUT2D eigenvalue weighted by Gasteiger charge is -2.18. The van der Waals surface area contributed by atoms with E-state index in [1.54, 1.807) is 11.1 Å². The van der Waals surface area contributed by atoms with Gasteiger partial charge in [0.2, 0.25) is 0 Å². The molecule has 0 spiro atoms. The van der Waals surface area contributed by atoms with Crippen LogP contribution in [0.1, 0.15) is 76.0 Å². The summed E-state index contributed by atoms with van der Waals surface area (Å²) in [5.41, 5.74) is 4.58. The highest BCUT2D eigenvalue weighted by molar-refractivity contribution is 5.35. The van der Waals surface area contributed by atoms with Crippen LogP contribution in [-0.2, 0) is 6.42 Å². The van der Waals surface area contributed by atoms with Gasteiger partial charge in [0, 0.05) is 0 Å². The first-order valence-corrected chi connectivity index (χ1v) is 8.23. The van der Waals surface area contributed by atoms with Crippen LogP contribution < -0.4 is 5.32 Å². The summed E-state index contributed by atoms with van der Waals surface area (Å²) < 4.78 is 0. The summed E-state index contributed by atoms with van der Waals surface area (Å²) in [6, 6.07) is 7.13. The SMILES string of the molecule is CNCCC(C)CCc1ccc(C(C)C)cc1C(C)C. The van der Waals surface area contributed by atoms with Crippen LogP contribution in [-0.4, -0.2) is 13.6 Å². The standard InChI is InChI=1S/C19H33N/c1-14(2)18-10-9-17(19(13-18)15(3)4)8-7-16(5)11-12-20-6/h9-10,13-16,20H,7-8,11-12H2,1-6H3. The second-order valence-electron chi connectivity index (χ2n) is 6.80. The van der Waals surface area contributed by atoms with Crippen molar-refractivity contribution in [3.05, 3.63) is 34.9 Å². The van der Waals surface area contributed by atoms with Gasteiger partial charge in [0.25, 0.3) is 0 Å². The zero-order valence-electron chi connectivity index (χ0n) is 14.3. The highest BCUT2D eigenvalue weighted by atomic mass is 14.8. The fourth-order valence-corrected chi connectivity index (χ4v) is 2.67. The summed E-state index contributed by atoms with van der Waals surface area (Å²) in [5.74, 6) is 2.04. The van der Waals surface area contributed by atoms with Gasteiger partial charge in [-0.3, -0.25) is 0 Å². The van der Waals surface area contributed by atoms with E-state index in [0.29, 0.717) is 11.8 Å². The molecule has 1 N–H and O–H groups in total. The topological polar surface area (TPSA) is 12.0 Å². The number of hydrogen-bond acceptors (Lipinski definition) is 1. The van der Waals surface area contributed by atoms with Gasteiger partial charge in [0.1, 0.15) is 0 Å². The second-order valence-corrected chi connectivity index (χ2v) is 6.80. The fourth-order valence-electron chi connectivity index (χ4n) is 2.67. The van der Waals surface area contributed by atoms with Gasteiger partial charge in [-0.2, -0.15) is 0 Å². The monoisotopic (exact) mass is 275 g/mol. The molecule has 0 saturated heterocycles. The first kappa shape index (κ1) is 17.2. The Morgan fingerprint density at radius 2 is 1.65 bits per heavy atom. The van der Waals surface area contributed by atoms with Crippen molar-refractivity contribution in [3.63, 3.8) is 0 Å². The molecule has 1 aromatic carbocycles. The van der Waals surface area contributed by atoms with Crippen LogP contribution in [0.3, 0.4) is 0 Å². The number of benzene rings is 1. The average Bonchev–Trinajstić information content (AvgIpc) is 2.42. The van der Waals surface area contributed by atoms with Gasteiger partial charge < -0.3 is 5.32 Å². The Kier molecular flexibility index (Phi) is 7.29. The van der Waals surface area contributed by atoms with Gasteiger partial charge in [-0.15, -0.1) is 0 Å². The molecule has 1 atom stereocenters. The highest BCUT2D eigenvalue weighted by Gasteiger charge is 2.11. The Hall–Kier alpha value is -0.820. The molecule has 1 rings (SSSR count). The Balaban J connectivity index is 2.74. The van der Waals surface area contributed by atoms with Crippen molar-refractivity contribution in [2.45, 2.75) is 65.7 Å². The van der Waals surface area contributed by atoms with Gasteiger partial charge in [-0.25, -0.2) is 0 Å². The highest BCUT2D eigenvalue weighted by Crippen LogP contribution is 2.26. The van der Waals surface area contributed by atoms with E-state index in [0.717, 1.165) is 12.5 Å². The molecule has 0 aliphatic rings. The minimum atomic E-state index is 0.621. The molecule has 0 aliphatic heterocycles. The Morgan fingerprint density at radius 1 is 0.950 bits per heavy atom. The molecule has 0 bridgehead atoms. The van der Waals surface area contributed by atoms with Crippen LogP contribution >= 0.6 is 0 Å². The summed E-state index contributed by atoms with van der Waals surface area (Å²) in [7, 11) is 2.04. The molecule has 1 nitrogen and oxygen atoms in total. The lowest BCUT2D eigenvalue weighted by Crippen LogP contribution is -2.12. The number of hydrogen-bond donors (Lipinski definition) is 1. The normalized spacial score (nSPS) is 13.2. The third-order valence-corrected chi connectivity index (χ3v) is 4.25. The maximum Gasteiger partial charge on any atom is -0.00494 e. The molecule has 0 radical (unpaired) electrons. The van der Waals surface area contributed by atoms with Crippen LogP contribution in [0.2, 0.25) is 0 Å². The van der Waals surface area contributed by atoms with Crippen LogP contribution in [0.15, 0.2) is 18.2 Å². The maximum atomic E-state index is 3.25. The lowest BCUT2D eigenvalue weighted by atomic mass is 9.88. The molecule has 0 aromatic heterocycles. The Morgan fingerprint density at radius 3 is 2.20 bits per heavy atom. The van der Waals surface area contributed by atoms with Gasteiger partial charge >= 0.3 is 0 Å². The number of rotatable bonds is 8. The zero-order valence-corrected chi connectivity index (χ0v) is 14.3. The third kappa shape index (κ3) is 5.28. The molecular formula is C19H33N. The predicted molar refractivity (Wildman–Crippen MR) is 90.6 cm³/mol. The molecule has 0 amide bonds. The van der Waals surface area contributed by atoms with Gasteiger partial charge in [0.15, 0.2) is 0 Å². The number of aryl methyl sites for hydroxylation is 1. The van der Waals surface area contributed by atoms with E-state index in [-0.39, 0.29) is 0 Å². The van der Waals surface area contributed by atoms with Crippen molar-refractivity contribution in [1.29, 1.82) is 0 Å². The second kappa shape index (κ2) is 8.46. The van der Waals surface area contributed by atoms with Crippen molar-refractivity contribution >= 4 is 0 Å². The quantitative estimate of drug-likeness (QED) is 0.695. The average molecular weight is 275 g/mol. The first-order chi connectivity index (χ1) is 9.45. The fraction of sp³-hybridized carbons (Fsp3) is 0.684.